The molecule has 1 aromatic heterocycles. The highest BCUT2D eigenvalue weighted by atomic mass is 32.2. The SMILES string of the molecule is Cc1cc(NC(=O)C(C)SCC(=O)N2C[C@@H](C)[C@H](C(=O)O)C2)no1. The lowest BCUT2D eigenvalue weighted by atomic mass is 9.99. The van der Waals surface area contributed by atoms with Crippen LogP contribution in [0, 0.1) is 18.8 Å². The van der Waals surface area contributed by atoms with Gasteiger partial charge < -0.3 is 19.8 Å². The van der Waals surface area contributed by atoms with Crippen LogP contribution in [-0.2, 0) is 14.4 Å². The Balaban J connectivity index is 1.79. The van der Waals surface area contributed by atoms with Gasteiger partial charge in [-0.15, -0.1) is 11.8 Å². The Kier molecular flexibility index (Phi) is 5.87. The number of carbonyl (C=O) groups excluding carboxylic acids is 2. The van der Waals surface area contributed by atoms with E-state index in [4.69, 9.17) is 9.63 Å². The second kappa shape index (κ2) is 7.69. The van der Waals surface area contributed by atoms with Crippen molar-refractivity contribution in [3.63, 3.8) is 0 Å². The number of thioether (sulfide) groups is 1. The normalized spacial score (nSPS) is 21.5. The maximum Gasteiger partial charge on any atom is 0.308 e. The number of likely N-dealkylation sites (tertiary alicyclic amines) is 1. The maximum absolute atomic E-state index is 12.2. The molecule has 9 heteroatoms. The van der Waals surface area contributed by atoms with E-state index in [9.17, 15) is 14.4 Å². The molecule has 1 fully saturated rings. The number of anilines is 1. The number of amides is 2. The van der Waals surface area contributed by atoms with E-state index >= 15 is 0 Å². The first kappa shape index (κ1) is 18.3. The fraction of sp³-hybridized carbons (Fsp3) is 0.600. The second-order valence-electron chi connectivity index (χ2n) is 5.99. The number of hydrogen-bond acceptors (Lipinski definition) is 6. The number of carbonyl (C=O) groups is 3. The molecule has 24 heavy (non-hydrogen) atoms. The molecule has 1 unspecified atom stereocenters. The Hall–Kier alpha value is -2.03. The number of carboxylic acids is 1. The summed E-state index contributed by atoms with van der Waals surface area (Å²) < 4.78 is 4.87. The molecule has 1 aliphatic heterocycles. The summed E-state index contributed by atoms with van der Waals surface area (Å²) in [6, 6.07) is 1.61. The van der Waals surface area contributed by atoms with Crippen LogP contribution < -0.4 is 5.32 Å². The Morgan fingerprint density at radius 2 is 2.21 bits per heavy atom. The molecule has 2 rings (SSSR count). The predicted molar refractivity (Wildman–Crippen MR) is 88.7 cm³/mol. The minimum Gasteiger partial charge on any atom is -0.481 e. The lowest BCUT2D eigenvalue weighted by Gasteiger charge is -2.17. The lowest BCUT2D eigenvalue weighted by Crippen LogP contribution is -2.32. The van der Waals surface area contributed by atoms with Gasteiger partial charge in [-0.3, -0.25) is 14.4 Å². The Bertz CT molecular complexity index is 632. The number of aliphatic carboxylic acids is 1. The van der Waals surface area contributed by atoms with E-state index in [-0.39, 0.29) is 30.0 Å². The molecule has 1 saturated heterocycles. The van der Waals surface area contributed by atoms with Gasteiger partial charge in [-0.05, 0) is 19.8 Å². The smallest absolute Gasteiger partial charge is 0.308 e. The first-order valence-electron chi connectivity index (χ1n) is 7.64. The minimum absolute atomic E-state index is 0.0624. The molecule has 1 aliphatic rings. The van der Waals surface area contributed by atoms with E-state index in [0.29, 0.717) is 18.1 Å². The molecule has 2 amide bonds. The number of carboxylic acid groups (broad SMARTS) is 1. The fourth-order valence-electron chi connectivity index (χ4n) is 2.51. The second-order valence-corrected chi connectivity index (χ2v) is 7.32. The molecule has 0 radical (unpaired) electrons. The first-order chi connectivity index (χ1) is 11.3. The molecule has 0 aromatic carbocycles. The van der Waals surface area contributed by atoms with Gasteiger partial charge in [0.05, 0.1) is 16.9 Å². The van der Waals surface area contributed by atoms with Crippen LogP contribution in [0.2, 0.25) is 0 Å². The summed E-state index contributed by atoms with van der Waals surface area (Å²) in [5.74, 6) is -0.799. The average Bonchev–Trinajstić information content (AvgIpc) is 3.10. The minimum atomic E-state index is -0.874. The van der Waals surface area contributed by atoms with Crippen molar-refractivity contribution in [2.24, 2.45) is 11.8 Å². The Labute approximate surface area is 143 Å². The van der Waals surface area contributed by atoms with E-state index in [1.165, 1.54) is 11.8 Å². The van der Waals surface area contributed by atoms with Crippen molar-refractivity contribution >= 4 is 35.4 Å². The molecule has 2 heterocycles. The standard InChI is InChI=1S/C15H21N3O5S/c1-8-5-18(6-11(8)15(21)22)13(19)7-24-10(3)14(20)16-12-4-9(2)23-17-12/h4,8,10-11H,5-7H2,1-3H3,(H,21,22)(H,16,17,20)/t8-,10?,11-/m1/s1. The number of rotatable bonds is 6. The van der Waals surface area contributed by atoms with E-state index in [2.05, 4.69) is 10.5 Å². The first-order valence-corrected chi connectivity index (χ1v) is 8.69. The molecule has 2 N–H and O–H groups in total. The number of aromatic nitrogens is 1. The third kappa shape index (κ3) is 4.50. The highest BCUT2D eigenvalue weighted by Crippen LogP contribution is 2.24. The molecule has 3 atom stereocenters. The number of hydrogen-bond donors (Lipinski definition) is 2. The van der Waals surface area contributed by atoms with Gasteiger partial charge in [-0.25, -0.2) is 0 Å². The van der Waals surface area contributed by atoms with Crippen molar-refractivity contribution < 1.29 is 24.0 Å². The van der Waals surface area contributed by atoms with E-state index < -0.39 is 17.1 Å². The van der Waals surface area contributed by atoms with Crippen LogP contribution in [0.4, 0.5) is 5.82 Å². The van der Waals surface area contributed by atoms with Crippen LogP contribution >= 0.6 is 11.8 Å². The highest BCUT2D eigenvalue weighted by Gasteiger charge is 2.36. The van der Waals surface area contributed by atoms with Crippen LogP contribution in [0.15, 0.2) is 10.6 Å². The zero-order valence-corrected chi connectivity index (χ0v) is 14.6. The average molecular weight is 355 g/mol. The van der Waals surface area contributed by atoms with Crippen molar-refractivity contribution in [1.82, 2.24) is 10.1 Å². The largest absolute Gasteiger partial charge is 0.481 e. The van der Waals surface area contributed by atoms with Gasteiger partial charge in [0.1, 0.15) is 5.76 Å². The zero-order chi connectivity index (χ0) is 17.9. The topological polar surface area (TPSA) is 113 Å². The van der Waals surface area contributed by atoms with Gasteiger partial charge >= 0.3 is 5.97 Å². The molecular formula is C15H21N3O5S. The summed E-state index contributed by atoms with van der Waals surface area (Å²) in [7, 11) is 0. The molecule has 8 nitrogen and oxygen atoms in total. The van der Waals surface area contributed by atoms with E-state index in [1.807, 2.05) is 6.92 Å². The molecule has 1 aromatic rings. The van der Waals surface area contributed by atoms with Gasteiger partial charge in [0, 0.05) is 19.2 Å². The Morgan fingerprint density at radius 3 is 2.75 bits per heavy atom. The molecule has 0 aliphatic carbocycles. The van der Waals surface area contributed by atoms with Crippen molar-refractivity contribution in [1.29, 1.82) is 0 Å². The van der Waals surface area contributed by atoms with Crippen LogP contribution in [-0.4, -0.2) is 57.0 Å². The monoisotopic (exact) mass is 355 g/mol. The van der Waals surface area contributed by atoms with Crippen LogP contribution in [0.5, 0.6) is 0 Å². The van der Waals surface area contributed by atoms with Crippen molar-refractivity contribution in [2.75, 3.05) is 24.2 Å². The molecule has 132 valence electrons. The van der Waals surface area contributed by atoms with Crippen LogP contribution in [0.1, 0.15) is 19.6 Å². The van der Waals surface area contributed by atoms with E-state index in [0.717, 1.165) is 0 Å². The number of nitrogens with zero attached hydrogens (tertiary/aromatic N) is 2. The highest BCUT2D eigenvalue weighted by molar-refractivity contribution is 8.01. The van der Waals surface area contributed by atoms with Crippen molar-refractivity contribution in [2.45, 2.75) is 26.0 Å². The van der Waals surface area contributed by atoms with Gasteiger partial charge in [0.2, 0.25) is 11.8 Å². The van der Waals surface area contributed by atoms with Crippen LogP contribution in [0.3, 0.4) is 0 Å². The van der Waals surface area contributed by atoms with Gasteiger partial charge in [-0.2, -0.15) is 0 Å². The summed E-state index contributed by atoms with van der Waals surface area (Å²) in [5.41, 5.74) is 0. The summed E-state index contributed by atoms with van der Waals surface area (Å²) >= 11 is 1.21. The molecule has 0 saturated carbocycles. The Morgan fingerprint density at radius 1 is 1.50 bits per heavy atom. The number of aryl methyl sites for hydroxylation is 1. The maximum atomic E-state index is 12.2. The predicted octanol–water partition coefficient (Wildman–Crippen LogP) is 1.22. The summed E-state index contributed by atoms with van der Waals surface area (Å²) in [6.45, 7) is 5.92. The molecular weight excluding hydrogens is 334 g/mol. The third-order valence-corrected chi connectivity index (χ3v) is 5.12. The summed E-state index contributed by atoms with van der Waals surface area (Å²) in [4.78, 5) is 36.9. The third-order valence-electron chi connectivity index (χ3n) is 3.99. The van der Waals surface area contributed by atoms with Crippen molar-refractivity contribution in [3.05, 3.63) is 11.8 Å². The summed E-state index contributed by atoms with van der Waals surface area (Å²) in [6.07, 6.45) is 0. The fourth-order valence-corrected chi connectivity index (χ4v) is 3.29. The van der Waals surface area contributed by atoms with Crippen LogP contribution in [0.25, 0.3) is 0 Å². The summed E-state index contributed by atoms with van der Waals surface area (Å²) in [5, 5.41) is 15.0. The van der Waals surface area contributed by atoms with Crippen molar-refractivity contribution in [3.8, 4) is 0 Å². The number of nitrogens with one attached hydrogen (secondary N) is 1. The molecule has 0 bridgehead atoms. The lowest BCUT2D eigenvalue weighted by molar-refractivity contribution is -0.142. The van der Waals surface area contributed by atoms with Gasteiger partial charge in [0.25, 0.3) is 0 Å². The molecule has 0 spiro atoms. The van der Waals surface area contributed by atoms with E-state index in [1.54, 1.807) is 24.8 Å². The van der Waals surface area contributed by atoms with Gasteiger partial charge in [-0.1, -0.05) is 12.1 Å². The zero-order valence-electron chi connectivity index (χ0n) is 13.8. The van der Waals surface area contributed by atoms with Gasteiger partial charge in [0.15, 0.2) is 5.82 Å². The quantitative estimate of drug-likeness (QED) is 0.789.